The summed E-state index contributed by atoms with van der Waals surface area (Å²) in [6, 6.07) is 0.265. The second-order valence-electron chi connectivity index (χ2n) is 4.19. The number of carbonyl (C=O) groups excluding carboxylic acids is 1. The fourth-order valence-corrected chi connectivity index (χ4v) is 2.80. The smallest absolute Gasteiger partial charge is 0.267 e. The predicted octanol–water partition coefficient (Wildman–Crippen LogP) is 1.50. The monoisotopic (exact) mass is 327 g/mol. The molecule has 1 aliphatic heterocycles. The van der Waals surface area contributed by atoms with Gasteiger partial charge in [-0.05, 0) is 34.4 Å². The number of rotatable bonds is 2. The third-order valence-corrected chi connectivity index (χ3v) is 4.16. The minimum Gasteiger partial charge on any atom is -0.333 e. The summed E-state index contributed by atoms with van der Waals surface area (Å²) in [7, 11) is 0. The number of aromatic nitrogens is 4. The highest BCUT2D eigenvalue weighted by Crippen LogP contribution is 2.25. The number of nitrogens with zero attached hydrogens (tertiary/aromatic N) is 5. The zero-order valence-corrected chi connectivity index (χ0v) is 12.0. The predicted molar refractivity (Wildman–Crippen MR) is 69.5 cm³/mol. The van der Waals surface area contributed by atoms with Gasteiger partial charge in [0.15, 0.2) is 0 Å². The molecule has 0 aromatic carbocycles. The Balaban J connectivity index is 1.66. The molecule has 1 saturated heterocycles. The summed E-state index contributed by atoms with van der Waals surface area (Å²) in [5.41, 5.74) is 0.704. The van der Waals surface area contributed by atoms with Gasteiger partial charge in [-0.2, -0.15) is 5.10 Å². The van der Waals surface area contributed by atoms with Crippen molar-refractivity contribution in [3.63, 3.8) is 0 Å². The van der Waals surface area contributed by atoms with Crippen LogP contribution < -0.4 is 0 Å². The molecule has 1 fully saturated rings. The van der Waals surface area contributed by atoms with Crippen LogP contribution in [0.3, 0.4) is 0 Å². The summed E-state index contributed by atoms with van der Waals surface area (Å²) >= 11 is 4.51. The fraction of sp³-hybridized carbons (Fsp3) is 0.400. The zero-order chi connectivity index (χ0) is 12.7. The molecular weight excluding hydrogens is 318 g/mol. The average Bonchev–Trinajstić information content (AvgIpc) is 2.85. The van der Waals surface area contributed by atoms with E-state index in [2.05, 4.69) is 30.6 Å². The van der Waals surface area contributed by atoms with E-state index in [1.807, 2.05) is 10.9 Å². The summed E-state index contributed by atoms with van der Waals surface area (Å²) < 4.78 is 6.62. The fourth-order valence-electron chi connectivity index (χ4n) is 1.87. The molecule has 6 nitrogen and oxygen atoms in total. The molecule has 2 aromatic heterocycles. The first kappa shape index (κ1) is 11.8. The van der Waals surface area contributed by atoms with Crippen LogP contribution in [-0.4, -0.2) is 43.3 Å². The molecule has 0 aliphatic carbocycles. The second-order valence-corrected chi connectivity index (χ2v) is 5.86. The highest BCUT2D eigenvalue weighted by Gasteiger charge is 2.34. The van der Waals surface area contributed by atoms with Crippen molar-refractivity contribution in [2.45, 2.75) is 13.0 Å². The largest absolute Gasteiger partial charge is 0.333 e. The van der Waals surface area contributed by atoms with Gasteiger partial charge in [0.1, 0.15) is 4.88 Å². The lowest BCUT2D eigenvalue weighted by atomic mass is 10.1. The molecule has 1 aliphatic rings. The van der Waals surface area contributed by atoms with Gasteiger partial charge >= 0.3 is 0 Å². The van der Waals surface area contributed by atoms with E-state index in [0.717, 1.165) is 16.0 Å². The quantitative estimate of drug-likeness (QED) is 0.838. The number of amides is 1. The van der Waals surface area contributed by atoms with Crippen LogP contribution in [0, 0.1) is 6.92 Å². The van der Waals surface area contributed by atoms with Crippen molar-refractivity contribution in [2.75, 3.05) is 13.1 Å². The number of hydrogen-bond acceptors (Lipinski definition) is 5. The Hall–Kier alpha value is -1.28. The molecule has 0 atom stereocenters. The first-order chi connectivity index (χ1) is 8.65. The molecule has 0 N–H and O–H groups in total. The molecule has 2 aromatic rings. The topological polar surface area (TPSA) is 63.9 Å². The van der Waals surface area contributed by atoms with E-state index in [0.29, 0.717) is 23.7 Å². The van der Waals surface area contributed by atoms with Gasteiger partial charge < -0.3 is 4.90 Å². The number of aryl methyl sites for hydroxylation is 1. The lowest BCUT2D eigenvalue weighted by molar-refractivity contribution is 0.0505. The Morgan fingerprint density at radius 2 is 2.33 bits per heavy atom. The maximum absolute atomic E-state index is 12.1. The molecule has 3 heterocycles. The minimum absolute atomic E-state index is 0.0185. The van der Waals surface area contributed by atoms with Gasteiger partial charge in [-0.25, -0.2) is 0 Å². The van der Waals surface area contributed by atoms with Crippen LogP contribution in [0.15, 0.2) is 16.9 Å². The summed E-state index contributed by atoms with van der Waals surface area (Å²) in [5, 5.41) is 8.08. The molecule has 0 spiro atoms. The van der Waals surface area contributed by atoms with Crippen LogP contribution in [0.1, 0.15) is 21.4 Å². The third kappa shape index (κ3) is 1.95. The Morgan fingerprint density at radius 1 is 1.56 bits per heavy atom. The average molecular weight is 328 g/mol. The van der Waals surface area contributed by atoms with Crippen molar-refractivity contribution in [1.29, 1.82) is 0 Å². The molecule has 1 amide bonds. The summed E-state index contributed by atoms with van der Waals surface area (Å²) in [4.78, 5) is 14.5. The maximum atomic E-state index is 12.1. The van der Waals surface area contributed by atoms with Crippen molar-refractivity contribution >= 4 is 33.4 Å². The van der Waals surface area contributed by atoms with Crippen molar-refractivity contribution in [2.24, 2.45) is 0 Å². The molecule has 0 saturated carbocycles. The van der Waals surface area contributed by atoms with Gasteiger partial charge in [0.25, 0.3) is 5.91 Å². The van der Waals surface area contributed by atoms with Gasteiger partial charge in [-0.1, -0.05) is 4.49 Å². The third-order valence-electron chi connectivity index (χ3n) is 2.94. The summed E-state index contributed by atoms with van der Waals surface area (Å²) in [6.07, 6.45) is 3.67. The number of likely N-dealkylation sites (tertiary alicyclic amines) is 1. The molecule has 18 heavy (non-hydrogen) atoms. The van der Waals surface area contributed by atoms with E-state index in [4.69, 9.17) is 0 Å². The van der Waals surface area contributed by atoms with Gasteiger partial charge in [0.2, 0.25) is 0 Å². The zero-order valence-electron chi connectivity index (χ0n) is 9.58. The molecule has 8 heteroatoms. The molecular formula is C10H10BrN5OS. The van der Waals surface area contributed by atoms with Crippen LogP contribution >= 0.6 is 27.5 Å². The first-order valence-corrected chi connectivity index (χ1v) is 6.99. The summed E-state index contributed by atoms with van der Waals surface area (Å²) in [5.74, 6) is 0.0185. The molecule has 0 bridgehead atoms. The highest BCUT2D eigenvalue weighted by molar-refractivity contribution is 9.10. The Labute approximate surface area is 116 Å². The lowest BCUT2D eigenvalue weighted by Crippen LogP contribution is -2.50. The van der Waals surface area contributed by atoms with E-state index in [1.54, 1.807) is 18.0 Å². The maximum Gasteiger partial charge on any atom is 0.267 e. The number of carbonyl (C=O) groups is 1. The first-order valence-electron chi connectivity index (χ1n) is 5.43. The minimum atomic E-state index is 0.0185. The van der Waals surface area contributed by atoms with Crippen LogP contribution in [0.2, 0.25) is 0 Å². The van der Waals surface area contributed by atoms with Gasteiger partial charge in [0.05, 0.1) is 22.4 Å². The number of halogens is 1. The van der Waals surface area contributed by atoms with Gasteiger partial charge in [-0.3, -0.25) is 9.48 Å². The van der Waals surface area contributed by atoms with E-state index in [1.165, 1.54) is 0 Å². The Kier molecular flexibility index (Phi) is 2.90. The number of hydrogen-bond donors (Lipinski definition) is 0. The summed E-state index contributed by atoms with van der Waals surface area (Å²) in [6.45, 7) is 3.17. The van der Waals surface area contributed by atoms with E-state index in [-0.39, 0.29) is 11.9 Å². The van der Waals surface area contributed by atoms with E-state index >= 15 is 0 Å². The van der Waals surface area contributed by atoms with E-state index in [9.17, 15) is 4.79 Å². The Morgan fingerprint density at radius 3 is 2.89 bits per heavy atom. The van der Waals surface area contributed by atoms with Crippen LogP contribution in [0.5, 0.6) is 0 Å². The highest BCUT2D eigenvalue weighted by atomic mass is 79.9. The van der Waals surface area contributed by atoms with Crippen molar-refractivity contribution in [1.82, 2.24) is 24.3 Å². The van der Waals surface area contributed by atoms with Gasteiger partial charge in [0, 0.05) is 19.3 Å². The molecule has 0 radical (unpaired) electrons. The normalized spacial score (nSPS) is 15.8. The molecule has 3 rings (SSSR count). The molecule has 0 unspecified atom stereocenters. The van der Waals surface area contributed by atoms with Crippen LogP contribution in [-0.2, 0) is 0 Å². The second kappa shape index (κ2) is 4.43. The Bertz CT molecular complexity index is 589. The van der Waals surface area contributed by atoms with Crippen molar-refractivity contribution < 1.29 is 4.79 Å². The van der Waals surface area contributed by atoms with Crippen LogP contribution in [0.4, 0.5) is 0 Å². The van der Waals surface area contributed by atoms with E-state index < -0.39 is 0 Å². The van der Waals surface area contributed by atoms with Crippen molar-refractivity contribution in [3.05, 3.63) is 27.4 Å². The lowest BCUT2D eigenvalue weighted by Gasteiger charge is -2.38. The SMILES string of the molecule is Cc1nnsc1C(=O)N1CC(n2cc(Br)cn2)C1. The molecule has 94 valence electrons. The van der Waals surface area contributed by atoms with Crippen molar-refractivity contribution in [3.8, 4) is 0 Å². The van der Waals surface area contributed by atoms with Crippen LogP contribution in [0.25, 0.3) is 0 Å². The van der Waals surface area contributed by atoms with Gasteiger partial charge in [-0.15, -0.1) is 5.10 Å². The standard InChI is InChI=1S/C10H10BrN5OS/c1-6-9(18-14-13-6)10(17)15-4-8(5-15)16-3-7(11)2-12-16/h2-3,8H,4-5H2,1H3.